The van der Waals surface area contributed by atoms with Crippen LogP contribution >= 0.6 is 0 Å². The second-order valence-electron chi connectivity index (χ2n) is 4.57. The third-order valence-electron chi connectivity index (χ3n) is 2.99. The number of piperidine rings is 1. The van der Waals surface area contributed by atoms with Gasteiger partial charge in [0.25, 0.3) is 0 Å². The van der Waals surface area contributed by atoms with Crippen molar-refractivity contribution in [3.8, 4) is 0 Å². The Kier molecular flexibility index (Phi) is 3.21. The fraction of sp³-hybridized carbons (Fsp3) is 0.583. The van der Waals surface area contributed by atoms with Gasteiger partial charge in [-0.15, -0.1) is 0 Å². The zero-order valence-corrected chi connectivity index (χ0v) is 9.32. The summed E-state index contributed by atoms with van der Waals surface area (Å²) in [6.07, 6.45) is 4.58. The first kappa shape index (κ1) is 10.4. The zero-order valence-electron chi connectivity index (χ0n) is 9.32. The van der Waals surface area contributed by atoms with E-state index in [1.54, 1.807) is 0 Å². The number of hydrogen-bond acceptors (Lipinski definition) is 3. The van der Waals surface area contributed by atoms with Gasteiger partial charge in [0.05, 0.1) is 0 Å². The molecule has 0 spiro atoms. The molecule has 1 aromatic heterocycles. The molecule has 0 aromatic carbocycles. The van der Waals surface area contributed by atoms with E-state index in [-0.39, 0.29) is 0 Å². The quantitative estimate of drug-likeness (QED) is 0.801. The van der Waals surface area contributed by atoms with Gasteiger partial charge in [0.2, 0.25) is 0 Å². The Morgan fingerprint density at radius 3 is 3.07 bits per heavy atom. The number of hydrogen-bond donors (Lipinski definition) is 1. The third kappa shape index (κ3) is 2.93. The van der Waals surface area contributed by atoms with Gasteiger partial charge < -0.3 is 5.73 Å². The van der Waals surface area contributed by atoms with E-state index < -0.39 is 0 Å². The molecule has 0 radical (unpaired) electrons. The number of pyridine rings is 1. The van der Waals surface area contributed by atoms with Gasteiger partial charge in [-0.3, -0.25) is 4.90 Å². The molecule has 0 saturated carbocycles. The van der Waals surface area contributed by atoms with E-state index in [0.717, 1.165) is 12.5 Å². The second-order valence-corrected chi connectivity index (χ2v) is 4.57. The zero-order chi connectivity index (χ0) is 10.7. The molecule has 15 heavy (non-hydrogen) atoms. The Morgan fingerprint density at radius 2 is 2.40 bits per heavy atom. The van der Waals surface area contributed by atoms with E-state index in [0.29, 0.717) is 5.82 Å². The molecule has 2 N–H and O–H groups in total. The predicted molar refractivity (Wildman–Crippen MR) is 62.3 cm³/mol. The number of nitrogens with two attached hydrogens (primary N) is 1. The molecular formula is C12H19N3. The summed E-state index contributed by atoms with van der Waals surface area (Å²) in [5.41, 5.74) is 6.82. The third-order valence-corrected chi connectivity index (χ3v) is 2.99. The molecule has 0 bridgehead atoms. The molecule has 1 saturated heterocycles. The summed E-state index contributed by atoms with van der Waals surface area (Å²) in [5.74, 6) is 1.44. The molecule has 3 heteroatoms. The molecular weight excluding hydrogens is 186 g/mol. The van der Waals surface area contributed by atoms with E-state index in [2.05, 4.69) is 22.9 Å². The van der Waals surface area contributed by atoms with Crippen LogP contribution in [0, 0.1) is 5.92 Å². The van der Waals surface area contributed by atoms with Crippen LogP contribution in [0.4, 0.5) is 5.82 Å². The Morgan fingerprint density at radius 1 is 1.53 bits per heavy atom. The molecule has 3 nitrogen and oxygen atoms in total. The normalized spacial score (nSPS) is 22.9. The average Bonchev–Trinajstić information content (AvgIpc) is 2.22. The minimum Gasteiger partial charge on any atom is -0.384 e. The Balaban J connectivity index is 1.93. The van der Waals surface area contributed by atoms with Crippen molar-refractivity contribution in [3.05, 3.63) is 23.9 Å². The largest absolute Gasteiger partial charge is 0.384 e. The van der Waals surface area contributed by atoms with E-state index in [4.69, 9.17) is 5.73 Å². The lowest BCUT2D eigenvalue weighted by Gasteiger charge is -2.30. The smallest absolute Gasteiger partial charge is 0.123 e. The summed E-state index contributed by atoms with van der Waals surface area (Å²) in [5, 5.41) is 0. The van der Waals surface area contributed by atoms with Crippen molar-refractivity contribution in [2.45, 2.75) is 26.3 Å². The summed E-state index contributed by atoms with van der Waals surface area (Å²) >= 11 is 0. The first-order valence-corrected chi connectivity index (χ1v) is 5.67. The monoisotopic (exact) mass is 205 g/mol. The van der Waals surface area contributed by atoms with Crippen molar-refractivity contribution in [2.24, 2.45) is 5.92 Å². The first-order chi connectivity index (χ1) is 7.24. The van der Waals surface area contributed by atoms with Crippen LogP contribution in [0.25, 0.3) is 0 Å². The maximum Gasteiger partial charge on any atom is 0.123 e. The lowest BCUT2D eigenvalue weighted by Crippen LogP contribution is -2.33. The van der Waals surface area contributed by atoms with Gasteiger partial charge in [-0.05, 0) is 36.9 Å². The number of aromatic nitrogens is 1. The van der Waals surface area contributed by atoms with Crippen molar-refractivity contribution < 1.29 is 0 Å². The van der Waals surface area contributed by atoms with Crippen LogP contribution in [0.3, 0.4) is 0 Å². The fourth-order valence-corrected chi connectivity index (χ4v) is 2.22. The summed E-state index contributed by atoms with van der Waals surface area (Å²) in [4.78, 5) is 6.62. The summed E-state index contributed by atoms with van der Waals surface area (Å²) < 4.78 is 0. The van der Waals surface area contributed by atoms with Crippen LogP contribution in [0.2, 0.25) is 0 Å². The molecule has 1 atom stereocenters. The van der Waals surface area contributed by atoms with Gasteiger partial charge in [-0.1, -0.05) is 13.0 Å². The molecule has 82 valence electrons. The molecule has 1 aliphatic heterocycles. The van der Waals surface area contributed by atoms with Crippen molar-refractivity contribution in [2.75, 3.05) is 18.8 Å². The van der Waals surface area contributed by atoms with Gasteiger partial charge in [0.15, 0.2) is 0 Å². The van der Waals surface area contributed by atoms with Crippen molar-refractivity contribution in [3.63, 3.8) is 0 Å². The summed E-state index contributed by atoms with van der Waals surface area (Å²) in [6, 6.07) is 3.95. The molecule has 0 aliphatic carbocycles. The van der Waals surface area contributed by atoms with Crippen LogP contribution in [-0.4, -0.2) is 23.0 Å². The summed E-state index contributed by atoms with van der Waals surface area (Å²) in [6.45, 7) is 5.77. The van der Waals surface area contributed by atoms with Crippen LogP contribution in [0.15, 0.2) is 18.3 Å². The number of likely N-dealkylation sites (tertiary alicyclic amines) is 1. The lowest BCUT2D eigenvalue weighted by atomic mass is 10.00. The van der Waals surface area contributed by atoms with E-state index in [1.165, 1.54) is 31.5 Å². The predicted octanol–water partition coefficient (Wildman–Crippen LogP) is 1.90. The fourth-order valence-electron chi connectivity index (χ4n) is 2.22. The highest BCUT2D eigenvalue weighted by molar-refractivity contribution is 5.29. The van der Waals surface area contributed by atoms with Crippen molar-refractivity contribution >= 4 is 5.82 Å². The Hall–Kier alpha value is -1.09. The highest BCUT2D eigenvalue weighted by Crippen LogP contribution is 2.17. The van der Waals surface area contributed by atoms with Crippen molar-refractivity contribution in [1.29, 1.82) is 0 Å². The van der Waals surface area contributed by atoms with Crippen LogP contribution in [-0.2, 0) is 6.54 Å². The molecule has 1 aromatic rings. The minimum absolute atomic E-state index is 0.603. The molecule has 1 aliphatic rings. The second kappa shape index (κ2) is 4.62. The SMILES string of the molecule is CC1CCCN(Cc2ccc(N)nc2)C1. The van der Waals surface area contributed by atoms with Crippen LogP contribution in [0.1, 0.15) is 25.3 Å². The number of nitrogen functional groups attached to an aromatic ring is 1. The van der Waals surface area contributed by atoms with Gasteiger partial charge in [0, 0.05) is 19.3 Å². The van der Waals surface area contributed by atoms with Crippen LogP contribution < -0.4 is 5.73 Å². The van der Waals surface area contributed by atoms with Gasteiger partial charge in [-0.2, -0.15) is 0 Å². The maximum absolute atomic E-state index is 5.56. The standard InChI is InChI=1S/C12H19N3/c1-10-3-2-6-15(8-10)9-11-4-5-12(13)14-7-11/h4-5,7,10H,2-3,6,8-9H2,1H3,(H2,13,14). The molecule has 2 heterocycles. The highest BCUT2D eigenvalue weighted by Gasteiger charge is 2.15. The van der Waals surface area contributed by atoms with E-state index in [9.17, 15) is 0 Å². The number of anilines is 1. The molecule has 2 rings (SSSR count). The van der Waals surface area contributed by atoms with Gasteiger partial charge in [0.1, 0.15) is 5.82 Å². The minimum atomic E-state index is 0.603. The summed E-state index contributed by atoms with van der Waals surface area (Å²) in [7, 11) is 0. The molecule has 0 amide bonds. The molecule has 1 unspecified atom stereocenters. The topological polar surface area (TPSA) is 42.1 Å². The Labute approximate surface area is 91.3 Å². The van der Waals surface area contributed by atoms with Crippen LogP contribution in [0.5, 0.6) is 0 Å². The number of rotatable bonds is 2. The van der Waals surface area contributed by atoms with E-state index >= 15 is 0 Å². The highest BCUT2D eigenvalue weighted by atomic mass is 15.1. The molecule has 1 fully saturated rings. The van der Waals surface area contributed by atoms with Gasteiger partial charge in [-0.25, -0.2) is 4.98 Å². The number of nitrogens with zero attached hydrogens (tertiary/aromatic N) is 2. The average molecular weight is 205 g/mol. The van der Waals surface area contributed by atoms with Gasteiger partial charge >= 0.3 is 0 Å². The maximum atomic E-state index is 5.56. The Bertz CT molecular complexity index is 307. The lowest BCUT2D eigenvalue weighted by molar-refractivity contribution is 0.176. The van der Waals surface area contributed by atoms with E-state index in [1.807, 2.05) is 12.3 Å². The first-order valence-electron chi connectivity index (χ1n) is 5.67. The van der Waals surface area contributed by atoms with Crippen molar-refractivity contribution in [1.82, 2.24) is 9.88 Å².